The van der Waals surface area contributed by atoms with Crippen molar-refractivity contribution in [2.45, 2.75) is 71.1 Å². The van der Waals surface area contributed by atoms with Gasteiger partial charge in [0.15, 0.2) is 5.78 Å². The maximum atomic E-state index is 13.2. The summed E-state index contributed by atoms with van der Waals surface area (Å²) in [6, 6.07) is 1.91. The zero-order valence-corrected chi connectivity index (χ0v) is 18.0. The van der Waals surface area contributed by atoms with E-state index in [9.17, 15) is 9.59 Å². The SMILES string of the molecule is CC1(C2CCCC2)Cc2cc(OCCCCCCC(N)=O)c(Cl)c(Cl)c2C1=O. The quantitative estimate of drug-likeness (QED) is 0.512. The monoisotopic (exact) mass is 425 g/mol. The van der Waals surface area contributed by atoms with Gasteiger partial charge in [0.25, 0.3) is 0 Å². The molecule has 2 aliphatic rings. The van der Waals surface area contributed by atoms with Gasteiger partial charge in [0.2, 0.25) is 5.91 Å². The van der Waals surface area contributed by atoms with Crippen molar-refractivity contribution in [3.8, 4) is 5.75 Å². The Kier molecular flexibility index (Phi) is 6.93. The maximum Gasteiger partial charge on any atom is 0.217 e. The minimum Gasteiger partial charge on any atom is -0.492 e. The molecule has 0 heterocycles. The Labute approximate surface area is 177 Å². The minimum absolute atomic E-state index is 0.141. The average Bonchev–Trinajstić information content (AvgIpc) is 3.26. The van der Waals surface area contributed by atoms with Crippen LogP contribution in [0.15, 0.2) is 6.07 Å². The first kappa shape index (κ1) is 21.4. The molecule has 0 bridgehead atoms. The lowest BCUT2D eigenvalue weighted by atomic mass is 9.73. The van der Waals surface area contributed by atoms with Crippen molar-refractivity contribution in [1.82, 2.24) is 0 Å². The van der Waals surface area contributed by atoms with E-state index in [1.54, 1.807) is 0 Å². The van der Waals surface area contributed by atoms with E-state index in [2.05, 4.69) is 6.92 Å². The summed E-state index contributed by atoms with van der Waals surface area (Å²) < 4.78 is 5.88. The molecular formula is C22H29Cl2NO3. The number of ketones is 1. The van der Waals surface area contributed by atoms with Gasteiger partial charge in [-0.15, -0.1) is 0 Å². The number of hydrogen-bond donors (Lipinski definition) is 1. The van der Waals surface area contributed by atoms with Gasteiger partial charge in [-0.05, 0) is 49.7 Å². The summed E-state index contributed by atoms with van der Waals surface area (Å²) in [7, 11) is 0. The lowest BCUT2D eigenvalue weighted by molar-refractivity contribution is -0.118. The van der Waals surface area contributed by atoms with Gasteiger partial charge in [0.1, 0.15) is 10.8 Å². The van der Waals surface area contributed by atoms with Crippen molar-refractivity contribution in [3.63, 3.8) is 0 Å². The van der Waals surface area contributed by atoms with Crippen molar-refractivity contribution >= 4 is 34.9 Å². The molecule has 28 heavy (non-hydrogen) atoms. The van der Waals surface area contributed by atoms with Crippen molar-refractivity contribution in [2.75, 3.05) is 6.61 Å². The molecule has 4 nitrogen and oxygen atoms in total. The number of hydrogen-bond acceptors (Lipinski definition) is 3. The first-order chi connectivity index (χ1) is 13.3. The summed E-state index contributed by atoms with van der Waals surface area (Å²) in [5, 5.41) is 0.667. The standard InChI is InChI=1S/C22H29Cl2NO3/c1-22(15-8-5-6-9-15)13-14-12-16(19(23)20(24)18(14)21(22)27)28-11-7-3-2-4-10-17(25)26/h12,15H,2-11,13H2,1H3,(H2,25,26). The minimum atomic E-state index is -0.370. The summed E-state index contributed by atoms with van der Waals surface area (Å²) in [6.45, 7) is 2.61. The van der Waals surface area contributed by atoms with Crippen LogP contribution >= 0.6 is 23.2 Å². The Bertz CT molecular complexity index is 759. The highest BCUT2D eigenvalue weighted by molar-refractivity contribution is 6.45. The second-order valence-electron chi connectivity index (χ2n) is 8.42. The second-order valence-corrected chi connectivity index (χ2v) is 9.18. The number of Topliss-reactive ketones (excluding diaryl/α,β-unsaturated/α-hetero) is 1. The molecule has 154 valence electrons. The van der Waals surface area contributed by atoms with Crippen LogP contribution in [0.4, 0.5) is 0 Å². The van der Waals surface area contributed by atoms with Gasteiger partial charge < -0.3 is 10.5 Å². The molecule has 0 spiro atoms. The van der Waals surface area contributed by atoms with Crippen LogP contribution in [0.1, 0.15) is 80.6 Å². The van der Waals surface area contributed by atoms with Crippen molar-refractivity contribution in [2.24, 2.45) is 17.1 Å². The van der Waals surface area contributed by atoms with E-state index >= 15 is 0 Å². The van der Waals surface area contributed by atoms with E-state index in [-0.39, 0.29) is 17.1 Å². The number of nitrogens with two attached hydrogens (primary N) is 1. The lowest BCUT2D eigenvalue weighted by Gasteiger charge is -2.29. The molecule has 1 fully saturated rings. The van der Waals surface area contributed by atoms with E-state index in [1.807, 2.05) is 6.07 Å². The molecule has 3 rings (SSSR count). The second kappa shape index (κ2) is 9.04. The van der Waals surface area contributed by atoms with Gasteiger partial charge in [0.05, 0.1) is 11.6 Å². The van der Waals surface area contributed by atoms with Crippen molar-refractivity contribution in [3.05, 3.63) is 27.2 Å². The van der Waals surface area contributed by atoms with Crippen LogP contribution in [0.3, 0.4) is 0 Å². The number of unbranched alkanes of at least 4 members (excludes halogenated alkanes) is 3. The van der Waals surface area contributed by atoms with Crippen LogP contribution in [-0.4, -0.2) is 18.3 Å². The number of ether oxygens (including phenoxy) is 1. The summed E-state index contributed by atoms with van der Waals surface area (Å²) >= 11 is 12.9. The highest BCUT2D eigenvalue weighted by Crippen LogP contribution is 2.52. The number of primary amides is 1. The molecule has 0 aliphatic heterocycles. The molecule has 6 heteroatoms. The zero-order valence-electron chi connectivity index (χ0n) is 16.5. The maximum absolute atomic E-state index is 13.2. The molecule has 1 aromatic rings. The van der Waals surface area contributed by atoms with Crippen LogP contribution in [0.25, 0.3) is 0 Å². The van der Waals surface area contributed by atoms with E-state index in [4.69, 9.17) is 33.7 Å². The Morgan fingerprint density at radius 3 is 2.54 bits per heavy atom. The molecule has 2 aliphatic carbocycles. The first-order valence-electron chi connectivity index (χ1n) is 10.3. The normalized spacial score (nSPS) is 21.9. The van der Waals surface area contributed by atoms with Gasteiger partial charge in [0, 0.05) is 17.4 Å². The van der Waals surface area contributed by atoms with Crippen LogP contribution in [0.2, 0.25) is 10.0 Å². The Balaban J connectivity index is 1.63. The fourth-order valence-corrected chi connectivity index (χ4v) is 5.24. The topological polar surface area (TPSA) is 69.4 Å². The Morgan fingerprint density at radius 2 is 1.86 bits per heavy atom. The number of carbonyl (C=O) groups is 2. The molecule has 0 saturated heterocycles. The lowest BCUT2D eigenvalue weighted by Crippen LogP contribution is -2.32. The molecule has 1 aromatic carbocycles. The zero-order chi connectivity index (χ0) is 20.3. The molecule has 1 saturated carbocycles. The van der Waals surface area contributed by atoms with E-state index in [0.717, 1.165) is 44.1 Å². The number of rotatable bonds is 9. The van der Waals surface area contributed by atoms with E-state index in [0.29, 0.717) is 46.7 Å². The number of fused-ring (bicyclic) bond motifs is 1. The third-order valence-electron chi connectivity index (χ3n) is 6.39. The van der Waals surface area contributed by atoms with Crippen LogP contribution in [-0.2, 0) is 11.2 Å². The number of amides is 1. The fraction of sp³-hybridized carbons (Fsp3) is 0.636. The Morgan fingerprint density at radius 1 is 1.18 bits per heavy atom. The van der Waals surface area contributed by atoms with Crippen molar-refractivity contribution in [1.29, 1.82) is 0 Å². The fourth-order valence-electron chi connectivity index (χ4n) is 4.73. The number of carbonyl (C=O) groups excluding carboxylic acids is 2. The molecule has 0 aromatic heterocycles. The molecular weight excluding hydrogens is 397 g/mol. The molecule has 0 radical (unpaired) electrons. The first-order valence-corrected chi connectivity index (χ1v) is 11.1. The predicted octanol–water partition coefficient (Wildman–Crippen LogP) is 5.74. The summed E-state index contributed by atoms with van der Waals surface area (Å²) in [6.07, 6.45) is 9.35. The van der Waals surface area contributed by atoms with Gasteiger partial charge in [-0.1, -0.05) is 55.8 Å². The van der Waals surface area contributed by atoms with Crippen LogP contribution in [0.5, 0.6) is 5.75 Å². The highest BCUT2D eigenvalue weighted by atomic mass is 35.5. The van der Waals surface area contributed by atoms with Gasteiger partial charge in [-0.2, -0.15) is 0 Å². The predicted molar refractivity (Wildman–Crippen MR) is 112 cm³/mol. The van der Waals surface area contributed by atoms with Crippen LogP contribution in [0, 0.1) is 11.3 Å². The average molecular weight is 426 g/mol. The number of benzene rings is 1. The molecule has 1 unspecified atom stereocenters. The van der Waals surface area contributed by atoms with E-state index < -0.39 is 0 Å². The van der Waals surface area contributed by atoms with Gasteiger partial charge in [-0.3, -0.25) is 9.59 Å². The largest absolute Gasteiger partial charge is 0.492 e. The van der Waals surface area contributed by atoms with Gasteiger partial charge >= 0.3 is 0 Å². The highest BCUT2D eigenvalue weighted by Gasteiger charge is 2.49. The Hall–Kier alpha value is -1.26. The van der Waals surface area contributed by atoms with Crippen LogP contribution < -0.4 is 10.5 Å². The molecule has 1 atom stereocenters. The van der Waals surface area contributed by atoms with Crippen molar-refractivity contribution < 1.29 is 14.3 Å². The van der Waals surface area contributed by atoms with Gasteiger partial charge in [-0.25, -0.2) is 0 Å². The third kappa shape index (κ3) is 4.33. The summed E-state index contributed by atoms with van der Waals surface area (Å²) in [5.41, 5.74) is 6.33. The number of halogens is 2. The smallest absolute Gasteiger partial charge is 0.217 e. The molecule has 2 N–H and O–H groups in total. The summed E-state index contributed by atoms with van der Waals surface area (Å²) in [4.78, 5) is 23.9. The van der Waals surface area contributed by atoms with E-state index in [1.165, 1.54) is 12.8 Å². The third-order valence-corrected chi connectivity index (χ3v) is 7.24. The summed E-state index contributed by atoms with van der Waals surface area (Å²) in [5.74, 6) is 0.871. The molecule has 1 amide bonds.